The van der Waals surface area contributed by atoms with Gasteiger partial charge in [-0.1, -0.05) is 45.4 Å². The summed E-state index contributed by atoms with van der Waals surface area (Å²) in [6.07, 6.45) is -7.00. The number of ether oxygens (including phenoxy) is 1. The molecule has 3 aromatic carbocycles. The molecule has 0 aliphatic rings. The number of rotatable bonds is 11. The number of methoxy groups -OCH3 is 1. The van der Waals surface area contributed by atoms with E-state index >= 15 is 0 Å². The molecule has 0 aromatic heterocycles. The van der Waals surface area contributed by atoms with E-state index in [1.165, 1.54) is 31.4 Å². The van der Waals surface area contributed by atoms with E-state index in [4.69, 9.17) is 4.74 Å². The van der Waals surface area contributed by atoms with Crippen LogP contribution in [0.25, 0.3) is 11.1 Å². The molecule has 0 fully saturated rings. The smallest absolute Gasteiger partial charge is 0.416 e. The van der Waals surface area contributed by atoms with Gasteiger partial charge in [0.15, 0.2) is 0 Å². The molecule has 0 saturated carbocycles. The van der Waals surface area contributed by atoms with Crippen molar-refractivity contribution in [1.82, 2.24) is 0 Å². The van der Waals surface area contributed by atoms with Gasteiger partial charge in [0.05, 0.1) is 23.7 Å². The summed E-state index contributed by atoms with van der Waals surface area (Å²) in [5.74, 6) is -0.0950. The molecule has 0 aliphatic heterocycles. The predicted octanol–water partition coefficient (Wildman–Crippen LogP) is 9.67. The average molecular weight is 594 g/mol. The summed E-state index contributed by atoms with van der Waals surface area (Å²) in [4.78, 5) is 15.0. The Morgan fingerprint density at radius 1 is 0.810 bits per heavy atom. The lowest BCUT2D eigenvalue weighted by atomic mass is 9.77. The van der Waals surface area contributed by atoms with Crippen LogP contribution in [0.1, 0.15) is 69.2 Å². The predicted molar refractivity (Wildman–Crippen MR) is 153 cm³/mol. The van der Waals surface area contributed by atoms with Crippen LogP contribution in [-0.2, 0) is 33.8 Å². The lowest BCUT2D eigenvalue weighted by Crippen LogP contribution is -2.34. The third-order valence-corrected chi connectivity index (χ3v) is 7.47. The quantitative estimate of drug-likeness (QED) is 0.164. The molecule has 0 amide bonds. The highest BCUT2D eigenvalue weighted by atomic mass is 19.4. The number of carbonyl (C=O) groups excluding carboxylic acids is 1. The molecular weight excluding hydrogens is 556 g/mol. The summed E-state index contributed by atoms with van der Waals surface area (Å²) >= 11 is 0. The summed E-state index contributed by atoms with van der Waals surface area (Å²) in [5, 5.41) is 0. The Hall–Kier alpha value is -3.49. The van der Waals surface area contributed by atoms with Crippen molar-refractivity contribution in [2.75, 3.05) is 18.6 Å². The second-order valence-corrected chi connectivity index (χ2v) is 11.2. The first kappa shape index (κ1) is 33.0. The molecule has 0 bridgehead atoms. The van der Waals surface area contributed by atoms with E-state index in [0.717, 1.165) is 36.2 Å². The van der Waals surface area contributed by atoms with Crippen molar-refractivity contribution < 1.29 is 35.9 Å². The highest BCUT2D eigenvalue weighted by Gasteiger charge is 2.36. The Bertz CT molecular complexity index is 1330. The molecule has 3 nitrogen and oxygen atoms in total. The van der Waals surface area contributed by atoms with Crippen molar-refractivity contribution in [3.8, 4) is 11.1 Å². The Morgan fingerprint density at radius 2 is 1.36 bits per heavy atom. The van der Waals surface area contributed by atoms with E-state index in [0.29, 0.717) is 54.2 Å². The minimum atomic E-state index is -4.48. The highest BCUT2D eigenvalue weighted by Crippen LogP contribution is 2.37. The number of hydrogen-bond donors (Lipinski definition) is 0. The van der Waals surface area contributed by atoms with Crippen LogP contribution >= 0.6 is 0 Å². The van der Waals surface area contributed by atoms with Crippen molar-refractivity contribution >= 4 is 11.7 Å². The topological polar surface area (TPSA) is 29.5 Å². The zero-order valence-corrected chi connectivity index (χ0v) is 24.5. The van der Waals surface area contributed by atoms with Crippen molar-refractivity contribution in [1.29, 1.82) is 0 Å². The highest BCUT2D eigenvalue weighted by molar-refractivity contribution is 5.83. The summed E-state index contributed by atoms with van der Waals surface area (Å²) in [6.45, 7) is 8.71. The molecule has 0 heterocycles. The van der Waals surface area contributed by atoms with Crippen molar-refractivity contribution in [3.63, 3.8) is 0 Å². The second kappa shape index (κ2) is 13.2. The minimum Gasteiger partial charge on any atom is -0.468 e. The van der Waals surface area contributed by atoms with E-state index in [1.54, 1.807) is 13.0 Å². The van der Waals surface area contributed by atoms with Crippen molar-refractivity contribution in [2.24, 2.45) is 5.92 Å². The van der Waals surface area contributed by atoms with Gasteiger partial charge >= 0.3 is 18.3 Å². The van der Waals surface area contributed by atoms with Crippen LogP contribution in [0.5, 0.6) is 0 Å². The molecule has 0 radical (unpaired) electrons. The third-order valence-electron chi connectivity index (χ3n) is 7.47. The fourth-order valence-electron chi connectivity index (χ4n) is 5.00. The van der Waals surface area contributed by atoms with Crippen molar-refractivity contribution in [2.45, 2.75) is 71.3 Å². The lowest BCUT2D eigenvalue weighted by molar-refractivity contribution is -0.147. The van der Waals surface area contributed by atoms with Gasteiger partial charge in [0.2, 0.25) is 0 Å². The van der Waals surface area contributed by atoms with Crippen LogP contribution in [0.3, 0.4) is 0 Å². The molecule has 1 atom stereocenters. The van der Waals surface area contributed by atoms with Gasteiger partial charge in [-0.2, -0.15) is 26.3 Å². The zero-order valence-electron chi connectivity index (χ0n) is 24.5. The Morgan fingerprint density at radius 3 is 1.83 bits per heavy atom. The average Bonchev–Trinajstić information content (AvgIpc) is 2.93. The Labute approximate surface area is 243 Å². The molecule has 228 valence electrons. The fourth-order valence-corrected chi connectivity index (χ4v) is 5.00. The van der Waals surface area contributed by atoms with Gasteiger partial charge < -0.3 is 9.64 Å². The van der Waals surface area contributed by atoms with Crippen LogP contribution in [0.2, 0.25) is 0 Å². The van der Waals surface area contributed by atoms with Gasteiger partial charge in [0.1, 0.15) is 0 Å². The first-order chi connectivity index (χ1) is 19.6. The largest absolute Gasteiger partial charge is 0.468 e. The molecule has 3 rings (SSSR count). The third kappa shape index (κ3) is 8.07. The molecule has 42 heavy (non-hydrogen) atoms. The maximum Gasteiger partial charge on any atom is 0.416 e. The minimum absolute atomic E-state index is 0.308. The lowest BCUT2D eigenvalue weighted by Gasteiger charge is -2.30. The zero-order chi connectivity index (χ0) is 31.3. The number of alkyl halides is 6. The standard InChI is InChI=1S/C33H37F6NO2/c1-6-16-31(4,30(41)42-5)28-19-23(18-25(20-28)24-7-9-26(10-8-24)32(34,35)36)21-40(17-15-22(2)3)29-13-11-27(12-14-29)33(37,38)39/h7-14,18-20,22H,6,15-17,21H2,1-5H3. The molecular formula is C33H37F6NO2. The van der Waals surface area contributed by atoms with Crippen LogP contribution in [0.4, 0.5) is 32.0 Å². The molecule has 0 spiro atoms. The number of esters is 1. The maximum absolute atomic E-state index is 13.2. The van der Waals surface area contributed by atoms with E-state index in [2.05, 4.69) is 13.8 Å². The number of nitrogens with zero attached hydrogens (tertiary/aromatic N) is 1. The molecule has 0 aliphatic carbocycles. The van der Waals surface area contributed by atoms with E-state index < -0.39 is 34.9 Å². The van der Waals surface area contributed by atoms with E-state index in [-0.39, 0.29) is 0 Å². The molecule has 0 saturated heterocycles. The van der Waals surface area contributed by atoms with Gasteiger partial charge in [0, 0.05) is 18.8 Å². The molecule has 1 unspecified atom stereocenters. The van der Waals surface area contributed by atoms with Crippen LogP contribution < -0.4 is 4.90 Å². The number of hydrogen-bond acceptors (Lipinski definition) is 3. The monoisotopic (exact) mass is 593 g/mol. The first-order valence-corrected chi connectivity index (χ1v) is 13.9. The number of carbonyl (C=O) groups is 1. The Balaban J connectivity index is 2.14. The van der Waals surface area contributed by atoms with Crippen LogP contribution in [0, 0.1) is 5.92 Å². The van der Waals surface area contributed by atoms with Gasteiger partial charge in [0.25, 0.3) is 0 Å². The summed E-state index contributed by atoms with van der Waals surface area (Å²) in [6, 6.07) is 15.4. The van der Waals surface area contributed by atoms with Crippen molar-refractivity contribution in [3.05, 3.63) is 89.0 Å². The molecule has 3 aromatic rings. The van der Waals surface area contributed by atoms with Gasteiger partial charge in [-0.3, -0.25) is 4.79 Å². The van der Waals surface area contributed by atoms with Gasteiger partial charge in [-0.05, 0) is 96.5 Å². The number of halogens is 6. The molecule has 0 N–H and O–H groups in total. The summed E-state index contributed by atoms with van der Waals surface area (Å²) in [7, 11) is 1.31. The second-order valence-electron chi connectivity index (χ2n) is 11.2. The first-order valence-electron chi connectivity index (χ1n) is 13.9. The van der Waals surface area contributed by atoms with E-state index in [9.17, 15) is 31.1 Å². The van der Waals surface area contributed by atoms with E-state index in [1.807, 2.05) is 24.0 Å². The fraction of sp³-hybridized carbons (Fsp3) is 0.424. The van der Waals surface area contributed by atoms with Crippen LogP contribution in [0.15, 0.2) is 66.7 Å². The normalized spacial score (nSPS) is 13.6. The van der Waals surface area contributed by atoms with Gasteiger partial charge in [-0.15, -0.1) is 0 Å². The maximum atomic E-state index is 13.2. The summed E-state index contributed by atoms with van der Waals surface area (Å²) in [5.41, 5.74) is 0.658. The SMILES string of the molecule is CCCC(C)(C(=O)OC)c1cc(CN(CCC(C)C)c2ccc(C(F)(F)F)cc2)cc(-c2ccc(C(F)(F)F)cc2)c1. The Kier molecular flexibility index (Phi) is 10.4. The molecule has 9 heteroatoms. The number of benzene rings is 3. The van der Waals surface area contributed by atoms with Crippen LogP contribution in [-0.4, -0.2) is 19.6 Å². The number of anilines is 1. The van der Waals surface area contributed by atoms with Gasteiger partial charge in [-0.25, -0.2) is 0 Å². The summed E-state index contributed by atoms with van der Waals surface area (Å²) < 4.78 is 84.5.